The van der Waals surface area contributed by atoms with Gasteiger partial charge in [0.25, 0.3) is 5.91 Å². The Morgan fingerprint density at radius 1 is 1.17 bits per heavy atom. The van der Waals surface area contributed by atoms with Crippen molar-refractivity contribution < 1.29 is 4.79 Å². The molecule has 0 fully saturated rings. The molecule has 0 saturated carbocycles. The van der Waals surface area contributed by atoms with Crippen LogP contribution in [-0.2, 0) is 6.54 Å². The minimum absolute atomic E-state index is 0.318. The first-order valence-electron chi connectivity index (χ1n) is 5.37. The van der Waals surface area contributed by atoms with Gasteiger partial charge in [-0.3, -0.25) is 4.79 Å². The summed E-state index contributed by atoms with van der Waals surface area (Å²) in [7, 11) is 0. The summed E-state index contributed by atoms with van der Waals surface area (Å²) in [6, 6.07) is 10.6. The van der Waals surface area contributed by atoms with Crippen molar-refractivity contribution in [2.24, 2.45) is 11.5 Å². The van der Waals surface area contributed by atoms with Crippen LogP contribution in [-0.4, -0.2) is 10.9 Å². The van der Waals surface area contributed by atoms with E-state index in [0.717, 1.165) is 11.1 Å². The van der Waals surface area contributed by atoms with Crippen molar-refractivity contribution in [2.75, 3.05) is 0 Å². The Hall–Kier alpha value is -1.91. The summed E-state index contributed by atoms with van der Waals surface area (Å²) in [5.74, 6) is -0.530. The van der Waals surface area contributed by atoms with Crippen molar-refractivity contribution in [3.63, 3.8) is 0 Å². The SMILES string of the molecule is NCc1ccc(-c2nc(Cl)ccc2C(N)=O)cc1. The fourth-order valence-electron chi connectivity index (χ4n) is 1.65. The summed E-state index contributed by atoms with van der Waals surface area (Å²) < 4.78 is 0. The zero-order valence-electron chi connectivity index (χ0n) is 9.56. The van der Waals surface area contributed by atoms with E-state index in [0.29, 0.717) is 23.0 Å². The highest BCUT2D eigenvalue weighted by Crippen LogP contribution is 2.23. The van der Waals surface area contributed by atoms with Gasteiger partial charge in [0, 0.05) is 12.1 Å². The molecule has 0 aliphatic heterocycles. The molecule has 0 aliphatic carbocycles. The third-order valence-corrected chi connectivity index (χ3v) is 2.80. The minimum Gasteiger partial charge on any atom is -0.366 e. The largest absolute Gasteiger partial charge is 0.366 e. The third kappa shape index (κ3) is 2.50. The Labute approximate surface area is 110 Å². The van der Waals surface area contributed by atoms with E-state index in [4.69, 9.17) is 23.1 Å². The molecule has 4 nitrogen and oxygen atoms in total. The van der Waals surface area contributed by atoms with Crippen LogP contribution in [0.25, 0.3) is 11.3 Å². The van der Waals surface area contributed by atoms with Crippen LogP contribution in [0.2, 0.25) is 5.15 Å². The highest BCUT2D eigenvalue weighted by molar-refractivity contribution is 6.29. The summed E-state index contributed by atoms with van der Waals surface area (Å²) in [5, 5.41) is 0.318. The maximum absolute atomic E-state index is 11.3. The van der Waals surface area contributed by atoms with Crippen LogP contribution in [0.15, 0.2) is 36.4 Å². The van der Waals surface area contributed by atoms with Gasteiger partial charge < -0.3 is 11.5 Å². The predicted molar refractivity (Wildman–Crippen MR) is 71.1 cm³/mol. The molecule has 0 radical (unpaired) electrons. The van der Waals surface area contributed by atoms with Crippen molar-refractivity contribution >= 4 is 17.5 Å². The normalized spacial score (nSPS) is 10.3. The predicted octanol–water partition coefficient (Wildman–Crippen LogP) is 1.96. The number of rotatable bonds is 3. The number of hydrogen-bond acceptors (Lipinski definition) is 3. The molecule has 1 aromatic carbocycles. The Kier molecular flexibility index (Phi) is 3.60. The molecular weight excluding hydrogens is 250 g/mol. The molecule has 0 saturated heterocycles. The highest BCUT2D eigenvalue weighted by atomic mass is 35.5. The van der Waals surface area contributed by atoms with Gasteiger partial charge in [0.05, 0.1) is 11.3 Å². The first kappa shape index (κ1) is 12.5. The van der Waals surface area contributed by atoms with E-state index >= 15 is 0 Å². The van der Waals surface area contributed by atoms with Crippen molar-refractivity contribution in [3.8, 4) is 11.3 Å². The molecular formula is C13H12ClN3O. The van der Waals surface area contributed by atoms with Gasteiger partial charge in [-0.15, -0.1) is 0 Å². The van der Waals surface area contributed by atoms with E-state index in [1.165, 1.54) is 0 Å². The van der Waals surface area contributed by atoms with Crippen molar-refractivity contribution in [1.29, 1.82) is 0 Å². The molecule has 0 atom stereocenters. The zero-order valence-corrected chi connectivity index (χ0v) is 10.3. The van der Waals surface area contributed by atoms with Crippen LogP contribution in [0.3, 0.4) is 0 Å². The Bertz CT molecular complexity index is 581. The third-order valence-electron chi connectivity index (χ3n) is 2.59. The molecule has 0 spiro atoms. The zero-order chi connectivity index (χ0) is 13.1. The lowest BCUT2D eigenvalue weighted by Crippen LogP contribution is -2.13. The first-order valence-corrected chi connectivity index (χ1v) is 5.75. The monoisotopic (exact) mass is 261 g/mol. The summed E-state index contributed by atoms with van der Waals surface area (Å²) in [5.41, 5.74) is 13.5. The van der Waals surface area contributed by atoms with E-state index in [-0.39, 0.29) is 0 Å². The maximum Gasteiger partial charge on any atom is 0.250 e. The Morgan fingerprint density at radius 2 is 1.83 bits per heavy atom. The average Bonchev–Trinajstić information content (AvgIpc) is 2.38. The molecule has 0 bridgehead atoms. The van der Waals surface area contributed by atoms with Gasteiger partial charge in [0.2, 0.25) is 0 Å². The van der Waals surface area contributed by atoms with E-state index in [1.54, 1.807) is 12.1 Å². The second kappa shape index (κ2) is 5.16. The lowest BCUT2D eigenvalue weighted by molar-refractivity contribution is 0.100. The van der Waals surface area contributed by atoms with Gasteiger partial charge in [0.15, 0.2) is 0 Å². The number of hydrogen-bond donors (Lipinski definition) is 2. The van der Waals surface area contributed by atoms with Crippen molar-refractivity contribution in [2.45, 2.75) is 6.54 Å². The standard InChI is InChI=1S/C13H12ClN3O/c14-11-6-5-10(13(16)18)12(17-11)9-3-1-8(7-15)2-4-9/h1-6H,7,15H2,(H2,16,18). The fourth-order valence-corrected chi connectivity index (χ4v) is 1.80. The number of pyridine rings is 1. The van der Waals surface area contributed by atoms with Crippen molar-refractivity contribution in [1.82, 2.24) is 4.98 Å². The molecule has 1 heterocycles. The molecule has 2 rings (SSSR count). The molecule has 18 heavy (non-hydrogen) atoms. The molecule has 0 aliphatic rings. The van der Waals surface area contributed by atoms with E-state index in [2.05, 4.69) is 4.98 Å². The van der Waals surface area contributed by atoms with E-state index in [9.17, 15) is 4.79 Å². The number of aromatic nitrogens is 1. The quantitative estimate of drug-likeness (QED) is 0.829. The Morgan fingerprint density at radius 3 is 2.39 bits per heavy atom. The molecule has 0 unspecified atom stereocenters. The fraction of sp³-hybridized carbons (Fsp3) is 0.0769. The first-order chi connectivity index (χ1) is 8.61. The number of benzene rings is 1. The van der Waals surface area contributed by atoms with Gasteiger partial charge in [-0.2, -0.15) is 0 Å². The molecule has 2 aromatic rings. The van der Waals surface area contributed by atoms with Crippen LogP contribution in [0.5, 0.6) is 0 Å². The van der Waals surface area contributed by atoms with Crippen molar-refractivity contribution in [3.05, 3.63) is 52.7 Å². The van der Waals surface area contributed by atoms with Crippen LogP contribution in [0.1, 0.15) is 15.9 Å². The van der Waals surface area contributed by atoms with E-state index in [1.807, 2.05) is 24.3 Å². The summed E-state index contributed by atoms with van der Waals surface area (Å²) in [6.07, 6.45) is 0. The summed E-state index contributed by atoms with van der Waals surface area (Å²) in [4.78, 5) is 15.5. The molecule has 1 aromatic heterocycles. The average molecular weight is 262 g/mol. The minimum atomic E-state index is -0.530. The number of halogens is 1. The number of carbonyl (C=O) groups is 1. The number of nitrogens with two attached hydrogens (primary N) is 2. The van der Waals surface area contributed by atoms with Gasteiger partial charge in [-0.25, -0.2) is 4.98 Å². The van der Waals surface area contributed by atoms with Gasteiger partial charge in [0.1, 0.15) is 5.15 Å². The van der Waals surface area contributed by atoms with Gasteiger partial charge >= 0.3 is 0 Å². The smallest absolute Gasteiger partial charge is 0.250 e. The maximum atomic E-state index is 11.3. The lowest BCUT2D eigenvalue weighted by atomic mass is 10.0. The molecule has 92 valence electrons. The Balaban J connectivity index is 2.54. The summed E-state index contributed by atoms with van der Waals surface area (Å²) in [6.45, 7) is 0.464. The van der Waals surface area contributed by atoms with E-state index < -0.39 is 5.91 Å². The number of amides is 1. The number of nitrogens with zero attached hydrogens (tertiary/aromatic N) is 1. The van der Waals surface area contributed by atoms with Crippen LogP contribution in [0.4, 0.5) is 0 Å². The molecule has 4 N–H and O–H groups in total. The van der Waals surface area contributed by atoms with Crippen LogP contribution < -0.4 is 11.5 Å². The van der Waals surface area contributed by atoms with Gasteiger partial charge in [-0.1, -0.05) is 35.9 Å². The van der Waals surface area contributed by atoms with Gasteiger partial charge in [-0.05, 0) is 17.7 Å². The molecule has 5 heteroatoms. The second-order valence-electron chi connectivity index (χ2n) is 3.80. The summed E-state index contributed by atoms with van der Waals surface area (Å²) >= 11 is 5.85. The van der Waals surface area contributed by atoms with Crippen LogP contribution >= 0.6 is 11.6 Å². The second-order valence-corrected chi connectivity index (χ2v) is 4.18. The molecule has 1 amide bonds. The van der Waals surface area contributed by atoms with Crippen LogP contribution in [0, 0.1) is 0 Å². The number of primary amides is 1. The number of carbonyl (C=O) groups excluding carboxylic acids is 1. The highest BCUT2D eigenvalue weighted by Gasteiger charge is 2.12. The topological polar surface area (TPSA) is 82.0 Å². The lowest BCUT2D eigenvalue weighted by Gasteiger charge is -2.07.